The minimum Gasteiger partial charge on any atom is -0.478 e. The van der Waals surface area contributed by atoms with E-state index >= 15 is 0 Å². The summed E-state index contributed by atoms with van der Waals surface area (Å²) in [5.41, 5.74) is 0.753. The molecule has 0 aliphatic rings. The number of carboxylic acid groups (broad SMARTS) is 1. The van der Waals surface area contributed by atoms with Gasteiger partial charge in [-0.05, 0) is 30.3 Å². The number of esters is 1. The Labute approximate surface area is 125 Å². The maximum absolute atomic E-state index is 11.6. The molecule has 0 saturated heterocycles. The summed E-state index contributed by atoms with van der Waals surface area (Å²) in [6.45, 7) is 0. The van der Waals surface area contributed by atoms with Crippen molar-refractivity contribution in [3.8, 4) is 0 Å². The predicted molar refractivity (Wildman–Crippen MR) is 77.3 cm³/mol. The quantitative estimate of drug-likeness (QED) is 0.844. The van der Waals surface area contributed by atoms with Crippen molar-refractivity contribution in [3.05, 3.63) is 52.7 Å². The third-order valence-corrected chi connectivity index (χ3v) is 2.99. The number of pyridine rings is 1. The van der Waals surface area contributed by atoms with Crippen LogP contribution in [0.25, 0.3) is 0 Å². The second-order valence-corrected chi connectivity index (χ2v) is 4.42. The fourth-order valence-electron chi connectivity index (χ4n) is 1.66. The van der Waals surface area contributed by atoms with Crippen LogP contribution < -0.4 is 5.32 Å². The predicted octanol–water partition coefficient (Wildman–Crippen LogP) is 2.96. The number of nitrogens with one attached hydrogen (secondary N) is 1. The van der Waals surface area contributed by atoms with Gasteiger partial charge in [-0.25, -0.2) is 14.6 Å². The second-order valence-electron chi connectivity index (χ2n) is 4.02. The minimum atomic E-state index is -1.07. The third-order valence-electron chi connectivity index (χ3n) is 2.68. The van der Waals surface area contributed by atoms with Crippen molar-refractivity contribution >= 4 is 35.0 Å². The van der Waals surface area contributed by atoms with E-state index in [9.17, 15) is 9.59 Å². The molecule has 6 nitrogen and oxygen atoms in total. The van der Waals surface area contributed by atoms with Gasteiger partial charge in [-0.3, -0.25) is 0 Å². The van der Waals surface area contributed by atoms with Gasteiger partial charge in [0.15, 0.2) is 0 Å². The first-order valence-corrected chi connectivity index (χ1v) is 6.24. The SMILES string of the molecule is COC(=O)c1cccnc1Nc1ccc(C(=O)O)cc1Cl. The molecular weight excluding hydrogens is 296 g/mol. The molecule has 0 fully saturated rings. The molecule has 2 aromatic rings. The van der Waals surface area contributed by atoms with Crippen molar-refractivity contribution in [3.63, 3.8) is 0 Å². The maximum Gasteiger partial charge on any atom is 0.341 e. The zero-order valence-corrected chi connectivity index (χ0v) is 11.7. The Kier molecular flexibility index (Phi) is 4.39. The Balaban J connectivity index is 2.35. The Bertz CT molecular complexity index is 703. The Morgan fingerprint density at radius 3 is 2.71 bits per heavy atom. The number of aromatic nitrogens is 1. The number of nitrogens with zero attached hydrogens (tertiary/aromatic N) is 1. The smallest absolute Gasteiger partial charge is 0.341 e. The van der Waals surface area contributed by atoms with Gasteiger partial charge in [-0.2, -0.15) is 0 Å². The highest BCUT2D eigenvalue weighted by Gasteiger charge is 2.14. The first-order valence-electron chi connectivity index (χ1n) is 5.86. The Hall–Kier alpha value is -2.60. The van der Waals surface area contributed by atoms with Crippen molar-refractivity contribution in [1.82, 2.24) is 4.98 Å². The van der Waals surface area contributed by atoms with E-state index in [0.29, 0.717) is 5.69 Å². The van der Waals surface area contributed by atoms with Crippen LogP contribution in [0.3, 0.4) is 0 Å². The molecule has 21 heavy (non-hydrogen) atoms. The molecule has 2 rings (SSSR count). The average molecular weight is 307 g/mol. The molecule has 1 aromatic heterocycles. The number of hydrogen-bond acceptors (Lipinski definition) is 5. The zero-order chi connectivity index (χ0) is 15.4. The van der Waals surface area contributed by atoms with Crippen LogP contribution in [0.2, 0.25) is 5.02 Å². The van der Waals surface area contributed by atoms with Crippen LogP contribution in [0, 0.1) is 0 Å². The van der Waals surface area contributed by atoms with E-state index in [4.69, 9.17) is 16.7 Å². The largest absolute Gasteiger partial charge is 0.478 e. The summed E-state index contributed by atoms with van der Waals surface area (Å²) in [4.78, 5) is 26.5. The number of carbonyl (C=O) groups excluding carboxylic acids is 1. The summed E-state index contributed by atoms with van der Waals surface area (Å²) >= 11 is 6.02. The fraction of sp³-hybridized carbons (Fsp3) is 0.0714. The highest BCUT2D eigenvalue weighted by molar-refractivity contribution is 6.33. The summed E-state index contributed by atoms with van der Waals surface area (Å²) in [6.07, 6.45) is 1.51. The number of benzene rings is 1. The Morgan fingerprint density at radius 1 is 1.33 bits per heavy atom. The second kappa shape index (κ2) is 6.23. The minimum absolute atomic E-state index is 0.0692. The van der Waals surface area contributed by atoms with Crippen LogP contribution in [-0.2, 0) is 4.74 Å². The van der Waals surface area contributed by atoms with E-state index in [-0.39, 0.29) is 22.0 Å². The summed E-state index contributed by atoms with van der Waals surface area (Å²) in [6, 6.07) is 7.37. The van der Waals surface area contributed by atoms with Crippen LogP contribution in [0.5, 0.6) is 0 Å². The van der Waals surface area contributed by atoms with Crippen molar-refractivity contribution in [2.45, 2.75) is 0 Å². The molecule has 0 unspecified atom stereocenters. The van der Waals surface area contributed by atoms with E-state index in [0.717, 1.165) is 0 Å². The third kappa shape index (κ3) is 3.29. The molecule has 2 N–H and O–H groups in total. The van der Waals surface area contributed by atoms with Crippen LogP contribution >= 0.6 is 11.6 Å². The van der Waals surface area contributed by atoms with E-state index in [1.165, 1.54) is 31.5 Å². The normalized spacial score (nSPS) is 10.0. The molecule has 0 amide bonds. The number of carboxylic acids is 1. The molecule has 7 heteroatoms. The summed E-state index contributed by atoms with van der Waals surface area (Å²) < 4.78 is 4.67. The summed E-state index contributed by atoms with van der Waals surface area (Å²) in [5.74, 6) is -1.34. The number of rotatable bonds is 4. The van der Waals surface area contributed by atoms with Gasteiger partial charge in [0.25, 0.3) is 0 Å². The maximum atomic E-state index is 11.6. The van der Waals surface area contributed by atoms with Crippen LogP contribution in [0.4, 0.5) is 11.5 Å². The lowest BCUT2D eigenvalue weighted by Gasteiger charge is -2.11. The first-order chi connectivity index (χ1) is 10.0. The fourth-order valence-corrected chi connectivity index (χ4v) is 1.88. The number of carbonyl (C=O) groups is 2. The topological polar surface area (TPSA) is 88.5 Å². The van der Waals surface area contributed by atoms with Gasteiger partial charge >= 0.3 is 11.9 Å². The van der Waals surface area contributed by atoms with Crippen LogP contribution in [-0.4, -0.2) is 29.1 Å². The lowest BCUT2D eigenvalue weighted by molar-refractivity contribution is 0.0600. The molecule has 1 heterocycles. The molecule has 0 saturated carbocycles. The van der Waals surface area contributed by atoms with Gasteiger partial charge in [0.2, 0.25) is 0 Å². The average Bonchev–Trinajstić information content (AvgIpc) is 2.49. The molecule has 0 aliphatic carbocycles. The van der Waals surface area contributed by atoms with E-state index < -0.39 is 11.9 Å². The monoisotopic (exact) mass is 306 g/mol. The van der Waals surface area contributed by atoms with Gasteiger partial charge < -0.3 is 15.2 Å². The molecular formula is C14H11ClN2O4. The van der Waals surface area contributed by atoms with Crippen molar-refractivity contribution in [1.29, 1.82) is 0 Å². The van der Waals surface area contributed by atoms with Crippen molar-refractivity contribution < 1.29 is 19.4 Å². The van der Waals surface area contributed by atoms with Crippen molar-refractivity contribution in [2.75, 3.05) is 12.4 Å². The summed E-state index contributed by atoms with van der Waals surface area (Å²) in [7, 11) is 1.27. The number of ether oxygens (including phenoxy) is 1. The standard InChI is InChI=1S/C14H11ClN2O4/c1-21-14(20)9-3-2-6-16-12(9)17-11-5-4-8(13(18)19)7-10(11)15/h2-7H,1H3,(H,16,17)(H,18,19). The van der Waals surface area contributed by atoms with Gasteiger partial charge in [0.05, 0.1) is 23.4 Å². The van der Waals surface area contributed by atoms with E-state index in [2.05, 4.69) is 15.0 Å². The number of methoxy groups -OCH3 is 1. The van der Waals surface area contributed by atoms with Crippen molar-refractivity contribution in [2.24, 2.45) is 0 Å². The molecule has 108 valence electrons. The lowest BCUT2D eigenvalue weighted by atomic mass is 10.2. The summed E-state index contributed by atoms with van der Waals surface area (Å²) in [5, 5.41) is 12.0. The highest BCUT2D eigenvalue weighted by atomic mass is 35.5. The highest BCUT2D eigenvalue weighted by Crippen LogP contribution is 2.27. The lowest BCUT2D eigenvalue weighted by Crippen LogP contribution is -2.07. The molecule has 0 spiro atoms. The first kappa shape index (κ1) is 14.8. The van der Waals surface area contributed by atoms with Gasteiger partial charge in [-0.15, -0.1) is 0 Å². The van der Waals surface area contributed by atoms with E-state index in [1.54, 1.807) is 12.1 Å². The van der Waals surface area contributed by atoms with Gasteiger partial charge in [0, 0.05) is 6.20 Å². The number of anilines is 2. The number of halogens is 1. The van der Waals surface area contributed by atoms with Crippen LogP contribution in [0.1, 0.15) is 20.7 Å². The number of aromatic carboxylic acids is 1. The van der Waals surface area contributed by atoms with E-state index in [1.807, 2.05) is 0 Å². The molecule has 0 atom stereocenters. The van der Waals surface area contributed by atoms with Gasteiger partial charge in [-0.1, -0.05) is 11.6 Å². The van der Waals surface area contributed by atoms with Gasteiger partial charge in [0.1, 0.15) is 11.4 Å². The molecule has 0 bridgehead atoms. The zero-order valence-electron chi connectivity index (χ0n) is 11.0. The molecule has 1 aromatic carbocycles. The Morgan fingerprint density at radius 2 is 2.10 bits per heavy atom. The van der Waals surface area contributed by atoms with Crippen LogP contribution in [0.15, 0.2) is 36.5 Å². The molecule has 0 aliphatic heterocycles. The molecule has 0 radical (unpaired) electrons. The number of hydrogen-bond donors (Lipinski definition) is 2.